The van der Waals surface area contributed by atoms with Gasteiger partial charge in [-0.05, 0) is 91.0 Å². The molecular formula is C43H34O. The first-order valence-electron chi connectivity index (χ1n) is 15.5. The van der Waals surface area contributed by atoms with Gasteiger partial charge in [0.2, 0.25) is 0 Å². The van der Waals surface area contributed by atoms with Gasteiger partial charge >= 0.3 is 0 Å². The molecule has 1 nitrogen and oxygen atoms in total. The summed E-state index contributed by atoms with van der Waals surface area (Å²) in [5.41, 5.74) is 16.1. The number of rotatable bonds is 3. The van der Waals surface area contributed by atoms with Crippen LogP contribution in [0.2, 0.25) is 0 Å². The summed E-state index contributed by atoms with van der Waals surface area (Å²) in [5.74, 6) is 0.117. The van der Waals surface area contributed by atoms with E-state index < -0.39 is 0 Å². The summed E-state index contributed by atoms with van der Waals surface area (Å²) in [6.07, 6.45) is 0. The SMILES string of the molecule is CC1(C)c2ccccc2C(=O)c2ccc(-c3cccc(-c4cccc(-c5ccc6c(c5)C(C)(C)c5ccccc5-6)c4)c3)cc21. The molecule has 0 aliphatic heterocycles. The molecule has 0 atom stereocenters. The Balaban J connectivity index is 1.16. The summed E-state index contributed by atoms with van der Waals surface area (Å²) in [6, 6.07) is 47.8. The molecule has 0 unspecified atom stereocenters. The highest BCUT2D eigenvalue weighted by Crippen LogP contribution is 2.49. The minimum Gasteiger partial charge on any atom is -0.289 e. The number of ketones is 1. The van der Waals surface area contributed by atoms with E-state index in [1.807, 2.05) is 24.3 Å². The maximum Gasteiger partial charge on any atom is 0.193 e. The molecule has 2 aliphatic rings. The zero-order chi connectivity index (χ0) is 30.2. The van der Waals surface area contributed by atoms with Crippen LogP contribution < -0.4 is 0 Å². The summed E-state index contributed by atoms with van der Waals surface area (Å²) < 4.78 is 0. The van der Waals surface area contributed by atoms with E-state index in [2.05, 4.69) is 137 Å². The van der Waals surface area contributed by atoms with E-state index in [1.165, 1.54) is 44.5 Å². The standard InChI is InChI=1S/C43H34O/c1-42(2)37-17-7-5-15-33(37)34-21-19-31(25-39(34)42)29-13-9-11-27(23-29)28-12-10-14-30(24-28)32-20-22-36-40(26-32)43(3,4)38-18-8-6-16-35(38)41(36)44/h5-26H,1-4H3. The van der Waals surface area contributed by atoms with Crippen LogP contribution in [0.25, 0.3) is 44.5 Å². The van der Waals surface area contributed by atoms with Crippen molar-refractivity contribution in [3.63, 3.8) is 0 Å². The van der Waals surface area contributed by atoms with Gasteiger partial charge in [-0.15, -0.1) is 0 Å². The molecule has 0 saturated carbocycles. The first-order valence-corrected chi connectivity index (χ1v) is 15.5. The molecule has 6 aromatic carbocycles. The molecule has 8 rings (SSSR count). The summed E-state index contributed by atoms with van der Waals surface area (Å²) >= 11 is 0. The average Bonchev–Trinajstić information content (AvgIpc) is 3.29. The third kappa shape index (κ3) is 3.89. The monoisotopic (exact) mass is 566 g/mol. The predicted octanol–water partition coefficient (Wildman–Crippen LogP) is 10.9. The third-order valence-electron chi connectivity index (χ3n) is 10.1. The van der Waals surface area contributed by atoms with Gasteiger partial charge in [0.05, 0.1) is 0 Å². The van der Waals surface area contributed by atoms with Crippen LogP contribution in [0.3, 0.4) is 0 Å². The second-order valence-electron chi connectivity index (χ2n) is 13.4. The largest absolute Gasteiger partial charge is 0.289 e. The molecule has 1 heteroatoms. The van der Waals surface area contributed by atoms with Crippen molar-refractivity contribution in [3.8, 4) is 44.5 Å². The smallest absolute Gasteiger partial charge is 0.193 e. The van der Waals surface area contributed by atoms with Crippen LogP contribution in [0.15, 0.2) is 133 Å². The Hall–Kier alpha value is -5.01. The molecule has 0 spiro atoms. The van der Waals surface area contributed by atoms with E-state index >= 15 is 0 Å². The molecule has 2 aliphatic carbocycles. The molecular weight excluding hydrogens is 532 g/mol. The van der Waals surface area contributed by atoms with Crippen molar-refractivity contribution in [1.29, 1.82) is 0 Å². The van der Waals surface area contributed by atoms with Gasteiger partial charge in [-0.3, -0.25) is 4.79 Å². The van der Waals surface area contributed by atoms with Gasteiger partial charge in [-0.2, -0.15) is 0 Å². The minimum absolute atomic E-state index is 0.0238. The number of benzene rings is 6. The van der Waals surface area contributed by atoms with E-state index in [0.717, 1.165) is 33.4 Å². The first kappa shape index (κ1) is 26.6. The van der Waals surface area contributed by atoms with Gasteiger partial charge in [-0.25, -0.2) is 0 Å². The normalized spacial score (nSPS) is 15.2. The van der Waals surface area contributed by atoms with E-state index in [-0.39, 0.29) is 16.6 Å². The van der Waals surface area contributed by atoms with Gasteiger partial charge < -0.3 is 0 Å². The molecule has 0 N–H and O–H groups in total. The average molecular weight is 567 g/mol. The van der Waals surface area contributed by atoms with Gasteiger partial charge in [-0.1, -0.05) is 137 Å². The summed E-state index contributed by atoms with van der Waals surface area (Å²) in [7, 11) is 0. The number of hydrogen-bond donors (Lipinski definition) is 0. The Bertz CT molecular complexity index is 2140. The zero-order valence-corrected chi connectivity index (χ0v) is 25.6. The summed E-state index contributed by atoms with van der Waals surface area (Å²) in [4.78, 5) is 13.4. The van der Waals surface area contributed by atoms with Crippen LogP contribution in [0.4, 0.5) is 0 Å². The van der Waals surface area contributed by atoms with E-state index in [4.69, 9.17) is 0 Å². The van der Waals surface area contributed by atoms with Gasteiger partial charge in [0.15, 0.2) is 5.78 Å². The van der Waals surface area contributed by atoms with Crippen molar-refractivity contribution >= 4 is 5.78 Å². The Kier molecular flexibility index (Phi) is 5.74. The van der Waals surface area contributed by atoms with Crippen LogP contribution in [-0.2, 0) is 10.8 Å². The highest BCUT2D eigenvalue weighted by atomic mass is 16.1. The summed E-state index contributed by atoms with van der Waals surface area (Å²) in [5, 5.41) is 0. The lowest BCUT2D eigenvalue weighted by Gasteiger charge is -2.34. The number of hydrogen-bond acceptors (Lipinski definition) is 1. The lowest BCUT2D eigenvalue weighted by Crippen LogP contribution is -2.30. The fourth-order valence-corrected chi connectivity index (χ4v) is 7.60. The van der Waals surface area contributed by atoms with Crippen LogP contribution in [0.5, 0.6) is 0 Å². The molecule has 0 bridgehead atoms. The molecule has 0 fully saturated rings. The van der Waals surface area contributed by atoms with Crippen LogP contribution >= 0.6 is 0 Å². The molecule has 44 heavy (non-hydrogen) atoms. The Morgan fingerprint density at radius 2 is 0.705 bits per heavy atom. The second-order valence-corrected chi connectivity index (χ2v) is 13.4. The highest BCUT2D eigenvalue weighted by Gasteiger charge is 2.37. The molecule has 0 radical (unpaired) electrons. The minimum atomic E-state index is -0.256. The molecule has 0 heterocycles. The van der Waals surface area contributed by atoms with Gasteiger partial charge in [0.25, 0.3) is 0 Å². The Morgan fingerprint density at radius 1 is 0.341 bits per heavy atom. The topological polar surface area (TPSA) is 17.1 Å². The molecule has 212 valence electrons. The van der Waals surface area contributed by atoms with Crippen molar-refractivity contribution < 1.29 is 4.79 Å². The molecule has 0 saturated heterocycles. The van der Waals surface area contributed by atoms with Gasteiger partial charge in [0, 0.05) is 22.0 Å². The number of carbonyl (C=O) groups excluding carboxylic acids is 1. The fraction of sp³-hybridized carbons (Fsp3) is 0.140. The van der Waals surface area contributed by atoms with E-state index in [9.17, 15) is 4.79 Å². The Labute approximate surface area is 259 Å². The molecule has 6 aromatic rings. The van der Waals surface area contributed by atoms with Crippen molar-refractivity contribution in [1.82, 2.24) is 0 Å². The summed E-state index contributed by atoms with van der Waals surface area (Å²) in [6.45, 7) is 9.11. The maximum absolute atomic E-state index is 13.4. The van der Waals surface area contributed by atoms with Gasteiger partial charge in [0.1, 0.15) is 0 Å². The quantitative estimate of drug-likeness (QED) is 0.208. The van der Waals surface area contributed by atoms with Crippen LogP contribution in [0, 0.1) is 0 Å². The van der Waals surface area contributed by atoms with E-state index in [1.54, 1.807) is 0 Å². The molecule has 0 amide bonds. The van der Waals surface area contributed by atoms with Crippen molar-refractivity contribution in [2.45, 2.75) is 38.5 Å². The lowest BCUT2D eigenvalue weighted by atomic mass is 9.68. The first-order chi connectivity index (χ1) is 21.2. The highest BCUT2D eigenvalue weighted by molar-refractivity contribution is 6.13. The van der Waals surface area contributed by atoms with Crippen molar-refractivity contribution in [3.05, 3.63) is 167 Å². The number of fused-ring (bicyclic) bond motifs is 5. The van der Waals surface area contributed by atoms with Crippen molar-refractivity contribution in [2.75, 3.05) is 0 Å². The lowest BCUT2D eigenvalue weighted by molar-refractivity contribution is 0.103. The van der Waals surface area contributed by atoms with Crippen LogP contribution in [0.1, 0.15) is 65.9 Å². The van der Waals surface area contributed by atoms with Crippen molar-refractivity contribution in [2.24, 2.45) is 0 Å². The Morgan fingerprint density at radius 3 is 1.25 bits per heavy atom. The van der Waals surface area contributed by atoms with E-state index in [0.29, 0.717) is 0 Å². The third-order valence-corrected chi connectivity index (χ3v) is 10.1. The maximum atomic E-state index is 13.4. The van der Waals surface area contributed by atoms with Crippen LogP contribution in [-0.4, -0.2) is 5.78 Å². The second kappa shape index (κ2) is 9.49. The predicted molar refractivity (Wildman–Crippen MR) is 182 cm³/mol. The fourth-order valence-electron chi connectivity index (χ4n) is 7.60. The zero-order valence-electron chi connectivity index (χ0n) is 25.6. The number of carbonyl (C=O) groups is 1. The molecule has 0 aromatic heterocycles.